The number of nitrogens with zero attached hydrogens (tertiary/aromatic N) is 6. The van der Waals surface area contributed by atoms with Gasteiger partial charge in [0.05, 0.1) is 5.52 Å². The Labute approximate surface area is 229 Å². The molecule has 1 unspecified atom stereocenters. The molecule has 1 fully saturated rings. The number of carbonyl (C=O) groups excluding carboxylic acids is 1. The van der Waals surface area contributed by atoms with E-state index in [1.54, 1.807) is 28.9 Å². The van der Waals surface area contributed by atoms with Crippen molar-refractivity contribution in [2.24, 2.45) is 0 Å². The first-order chi connectivity index (χ1) is 19.4. The lowest BCUT2D eigenvalue weighted by Gasteiger charge is -2.15. The second-order valence-electron chi connectivity index (χ2n) is 9.75. The number of rotatable bonds is 7. The number of anilines is 3. The van der Waals surface area contributed by atoms with Crippen LogP contribution in [0.3, 0.4) is 0 Å². The van der Waals surface area contributed by atoms with Crippen LogP contribution in [0.5, 0.6) is 11.5 Å². The molecule has 11 heteroatoms. The largest absolute Gasteiger partial charge is 0.457 e. The summed E-state index contributed by atoms with van der Waals surface area (Å²) in [6, 6.07) is 14.5. The predicted molar refractivity (Wildman–Crippen MR) is 151 cm³/mol. The number of hydrogen-bond acceptors (Lipinski definition) is 8. The molecule has 0 spiro atoms. The minimum absolute atomic E-state index is 0.0654. The van der Waals surface area contributed by atoms with Crippen LogP contribution in [-0.4, -0.2) is 55.0 Å². The first-order valence-electron chi connectivity index (χ1n) is 12.9. The van der Waals surface area contributed by atoms with E-state index in [1.165, 1.54) is 18.7 Å². The number of pyridine rings is 1. The Kier molecular flexibility index (Phi) is 6.79. The molecule has 10 nitrogen and oxygen atoms in total. The minimum Gasteiger partial charge on any atom is -0.457 e. The maximum absolute atomic E-state index is 14.6. The van der Waals surface area contributed by atoms with Crippen LogP contribution in [0.25, 0.3) is 16.6 Å². The molecule has 202 valence electrons. The lowest BCUT2D eigenvalue weighted by Crippen LogP contribution is -2.24. The summed E-state index contributed by atoms with van der Waals surface area (Å²) >= 11 is 0. The molecule has 4 heterocycles. The summed E-state index contributed by atoms with van der Waals surface area (Å²) in [5.41, 5.74) is 3.53. The lowest BCUT2D eigenvalue weighted by atomic mass is 10.1. The van der Waals surface area contributed by atoms with Gasteiger partial charge >= 0.3 is 0 Å². The first kappa shape index (κ1) is 25.4. The van der Waals surface area contributed by atoms with E-state index in [9.17, 15) is 9.18 Å². The number of aryl methyl sites for hydroxylation is 1. The smallest absolute Gasteiger partial charge is 0.284 e. The van der Waals surface area contributed by atoms with E-state index in [0.717, 1.165) is 30.6 Å². The lowest BCUT2D eigenvalue weighted by molar-refractivity contribution is -0.114. The second-order valence-corrected chi connectivity index (χ2v) is 9.75. The molecular formula is C29H27FN8O2. The van der Waals surface area contributed by atoms with Gasteiger partial charge in [0.1, 0.15) is 30.0 Å². The van der Waals surface area contributed by atoms with Gasteiger partial charge in [-0.15, -0.1) is 0 Å². The van der Waals surface area contributed by atoms with Gasteiger partial charge in [-0.2, -0.15) is 5.10 Å². The molecule has 1 aliphatic rings. The summed E-state index contributed by atoms with van der Waals surface area (Å²) in [6.45, 7) is 2.85. The Bertz CT molecular complexity index is 1750. The second kappa shape index (κ2) is 10.7. The van der Waals surface area contributed by atoms with Crippen molar-refractivity contribution in [3.63, 3.8) is 0 Å². The standard InChI is InChI=1S/C29H27FN8O2/c1-18-12-19(6-8-26(18)40-22-9-11-38-27(15-22)32-17-34-38)35-28-23-13-20(5-7-25(23)31-16-33-28)36-29(39)24(30)14-21-4-3-10-37(21)2/h5-9,11-17,21H,3-4,10H2,1-2H3,(H,36,39)(H,31,33,35)/b24-14+. The van der Waals surface area contributed by atoms with E-state index in [4.69, 9.17) is 4.74 Å². The van der Waals surface area contributed by atoms with Crippen LogP contribution in [0, 0.1) is 6.92 Å². The summed E-state index contributed by atoms with van der Waals surface area (Å²) in [4.78, 5) is 27.5. The number of amides is 1. The van der Waals surface area contributed by atoms with Crippen molar-refractivity contribution in [3.05, 3.63) is 84.8 Å². The van der Waals surface area contributed by atoms with Crippen molar-refractivity contribution >= 4 is 39.6 Å². The van der Waals surface area contributed by atoms with Gasteiger partial charge < -0.3 is 15.4 Å². The van der Waals surface area contributed by atoms with E-state index >= 15 is 0 Å². The van der Waals surface area contributed by atoms with Gasteiger partial charge in [-0.1, -0.05) is 0 Å². The van der Waals surface area contributed by atoms with Gasteiger partial charge in [0.2, 0.25) is 0 Å². The molecular weight excluding hydrogens is 511 g/mol. The van der Waals surface area contributed by atoms with Crippen LogP contribution in [0.4, 0.5) is 21.6 Å². The Morgan fingerprint density at radius 2 is 1.95 bits per heavy atom. The maximum atomic E-state index is 14.6. The van der Waals surface area contributed by atoms with Gasteiger partial charge in [-0.05, 0) is 87.5 Å². The van der Waals surface area contributed by atoms with E-state index in [0.29, 0.717) is 39.6 Å². The van der Waals surface area contributed by atoms with Crippen molar-refractivity contribution < 1.29 is 13.9 Å². The third-order valence-corrected chi connectivity index (χ3v) is 6.94. The summed E-state index contributed by atoms with van der Waals surface area (Å²) in [5.74, 6) is 0.337. The minimum atomic E-state index is -0.791. The molecule has 2 N–H and O–H groups in total. The predicted octanol–water partition coefficient (Wildman–Crippen LogP) is 5.40. The number of likely N-dealkylation sites (tertiary alicyclic amines) is 1. The molecule has 0 radical (unpaired) electrons. The fourth-order valence-electron chi connectivity index (χ4n) is 4.78. The molecule has 0 saturated carbocycles. The van der Waals surface area contributed by atoms with Crippen molar-refractivity contribution in [2.75, 3.05) is 24.2 Å². The van der Waals surface area contributed by atoms with Crippen LogP contribution in [0.1, 0.15) is 18.4 Å². The molecule has 1 aliphatic heterocycles. The van der Waals surface area contributed by atoms with Crippen molar-refractivity contribution in [3.8, 4) is 11.5 Å². The Morgan fingerprint density at radius 1 is 1.07 bits per heavy atom. The summed E-state index contributed by atoms with van der Waals surface area (Å²) in [5, 5.41) is 10.8. The number of nitrogens with one attached hydrogen (secondary N) is 2. The highest BCUT2D eigenvalue weighted by Crippen LogP contribution is 2.31. The average molecular weight is 539 g/mol. The van der Waals surface area contributed by atoms with Crippen molar-refractivity contribution in [1.82, 2.24) is 29.5 Å². The maximum Gasteiger partial charge on any atom is 0.284 e. The number of ether oxygens (including phenoxy) is 1. The van der Waals surface area contributed by atoms with Crippen LogP contribution < -0.4 is 15.4 Å². The van der Waals surface area contributed by atoms with E-state index in [2.05, 4.69) is 30.7 Å². The van der Waals surface area contributed by atoms with E-state index in [-0.39, 0.29) is 6.04 Å². The zero-order chi connectivity index (χ0) is 27.6. The number of halogens is 1. The molecule has 0 aliphatic carbocycles. The third-order valence-electron chi connectivity index (χ3n) is 6.94. The highest BCUT2D eigenvalue weighted by atomic mass is 19.1. The fourth-order valence-corrected chi connectivity index (χ4v) is 4.78. The van der Waals surface area contributed by atoms with Crippen LogP contribution in [0.15, 0.2) is 79.3 Å². The molecule has 0 bridgehead atoms. The Morgan fingerprint density at radius 3 is 2.77 bits per heavy atom. The molecule has 1 saturated heterocycles. The molecule has 1 atom stereocenters. The zero-order valence-corrected chi connectivity index (χ0v) is 22.0. The molecule has 40 heavy (non-hydrogen) atoms. The molecule has 5 aromatic rings. The SMILES string of the molecule is Cc1cc(Nc2ncnc3ccc(NC(=O)/C(F)=C\C4CCCN4C)cc23)ccc1Oc1ccn2ncnc2c1. The highest BCUT2D eigenvalue weighted by molar-refractivity contribution is 6.04. The number of fused-ring (bicyclic) bond motifs is 2. The Balaban J connectivity index is 1.19. The normalized spacial score (nSPS) is 16.0. The van der Waals surface area contributed by atoms with Gasteiger partial charge in [0.25, 0.3) is 5.91 Å². The van der Waals surface area contributed by atoms with Gasteiger partial charge in [-0.3, -0.25) is 9.69 Å². The van der Waals surface area contributed by atoms with E-state index in [1.807, 2.05) is 49.2 Å². The van der Waals surface area contributed by atoms with Crippen LogP contribution in [-0.2, 0) is 4.79 Å². The summed E-state index contributed by atoms with van der Waals surface area (Å²) in [6.07, 6.45) is 7.97. The Hall–Kier alpha value is -4.90. The summed E-state index contributed by atoms with van der Waals surface area (Å²) < 4.78 is 22.4. The van der Waals surface area contributed by atoms with Crippen molar-refractivity contribution in [1.29, 1.82) is 0 Å². The highest BCUT2D eigenvalue weighted by Gasteiger charge is 2.21. The van der Waals surface area contributed by atoms with Gasteiger partial charge in [-0.25, -0.2) is 23.9 Å². The topological polar surface area (TPSA) is 110 Å². The number of aromatic nitrogens is 5. The molecule has 6 rings (SSSR count). The summed E-state index contributed by atoms with van der Waals surface area (Å²) in [7, 11) is 1.93. The van der Waals surface area contributed by atoms with Crippen molar-refractivity contribution in [2.45, 2.75) is 25.8 Å². The number of benzene rings is 2. The van der Waals surface area contributed by atoms with E-state index < -0.39 is 11.7 Å². The molecule has 2 aromatic carbocycles. The third kappa shape index (κ3) is 5.32. The number of carbonyl (C=O) groups is 1. The first-order valence-corrected chi connectivity index (χ1v) is 12.9. The van der Waals surface area contributed by atoms with Crippen LogP contribution >= 0.6 is 0 Å². The van der Waals surface area contributed by atoms with Crippen LogP contribution in [0.2, 0.25) is 0 Å². The average Bonchev–Trinajstić information content (AvgIpc) is 3.58. The number of likely N-dealkylation sites (N-methyl/N-ethyl adjacent to an activating group) is 1. The quantitative estimate of drug-likeness (QED) is 0.265. The van der Waals surface area contributed by atoms with Gasteiger partial charge in [0.15, 0.2) is 11.5 Å². The molecule has 3 aromatic heterocycles. The monoisotopic (exact) mass is 538 g/mol. The molecule has 1 amide bonds. The zero-order valence-electron chi connectivity index (χ0n) is 22.0. The fraction of sp³-hybridized carbons (Fsp3) is 0.207. The van der Waals surface area contributed by atoms with Gasteiger partial charge in [0, 0.05) is 35.1 Å². The number of hydrogen-bond donors (Lipinski definition) is 2.